The molecule has 2 N–H and O–H groups in total. The minimum absolute atomic E-state index is 0.0470. The molecule has 0 aliphatic carbocycles. The van der Waals surface area contributed by atoms with Crippen LogP contribution in [0.15, 0.2) is 89.8 Å². The fourth-order valence-electron chi connectivity index (χ4n) is 3.15. The second kappa shape index (κ2) is 9.61. The molecule has 174 valence electrons. The topological polar surface area (TPSA) is 115 Å². The van der Waals surface area contributed by atoms with E-state index < -0.39 is 21.6 Å². The molecular weight excluding hydrogens is 592 g/mol. The molecule has 0 aliphatic heterocycles. The largest absolute Gasteiger partial charge is 0.493 e. The van der Waals surface area contributed by atoms with Gasteiger partial charge in [-0.25, -0.2) is 13.2 Å². The van der Waals surface area contributed by atoms with Crippen LogP contribution in [0.4, 0.5) is 11.4 Å². The predicted octanol–water partition coefficient (Wildman–Crippen LogP) is 5.38. The first kappa shape index (κ1) is 24.0. The number of carbonyl (C=O) groups is 1. The molecule has 0 saturated heterocycles. The van der Waals surface area contributed by atoms with Crippen LogP contribution in [-0.2, 0) is 10.0 Å². The molecule has 0 aliphatic rings. The van der Waals surface area contributed by atoms with E-state index >= 15 is 0 Å². The molecule has 0 atom stereocenters. The van der Waals surface area contributed by atoms with E-state index in [0.29, 0.717) is 15.6 Å². The maximum absolute atomic E-state index is 13.0. The maximum atomic E-state index is 13.0. The Kier molecular flexibility index (Phi) is 6.78. The maximum Gasteiger partial charge on any atom is 0.349 e. The number of ether oxygens (including phenoxy) is 1. The van der Waals surface area contributed by atoms with Crippen LogP contribution in [-0.4, -0.2) is 21.4 Å². The van der Waals surface area contributed by atoms with Gasteiger partial charge < -0.3 is 14.5 Å². The highest BCUT2D eigenvalue weighted by Gasteiger charge is 2.20. The summed E-state index contributed by atoms with van der Waals surface area (Å²) < 4.78 is 40.0. The first-order valence-corrected chi connectivity index (χ1v) is 12.8. The number of rotatable bonds is 6. The second-order valence-electron chi connectivity index (χ2n) is 7.00. The number of carbonyl (C=O) groups excluding carboxylic acids is 1. The Morgan fingerprint density at radius 2 is 1.65 bits per heavy atom. The molecule has 0 bridgehead atoms. The van der Waals surface area contributed by atoms with Crippen LogP contribution in [0.25, 0.3) is 11.0 Å². The van der Waals surface area contributed by atoms with Crippen LogP contribution in [0, 0.1) is 0 Å². The lowest BCUT2D eigenvalue weighted by atomic mass is 10.1. The molecule has 1 aromatic heterocycles. The highest BCUT2D eigenvalue weighted by Crippen LogP contribution is 2.31. The van der Waals surface area contributed by atoms with Gasteiger partial charge in [0, 0.05) is 14.3 Å². The molecule has 0 radical (unpaired) electrons. The number of sulfonamides is 1. The minimum atomic E-state index is -3.93. The van der Waals surface area contributed by atoms with Crippen LogP contribution >= 0.6 is 31.9 Å². The molecule has 0 saturated carbocycles. The van der Waals surface area contributed by atoms with Gasteiger partial charge in [-0.1, -0.05) is 44.0 Å². The normalized spacial score (nSPS) is 11.3. The average molecular weight is 608 g/mol. The summed E-state index contributed by atoms with van der Waals surface area (Å²) in [6.45, 7) is 0. The number of anilines is 2. The summed E-state index contributed by atoms with van der Waals surface area (Å²) in [7, 11) is -2.49. The van der Waals surface area contributed by atoms with E-state index in [0.717, 1.165) is 4.47 Å². The summed E-state index contributed by atoms with van der Waals surface area (Å²) in [5.74, 6) is -0.421. The Morgan fingerprint density at radius 3 is 2.32 bits per heavy atom. The molecule has 4 aromatic rings. The minimum Gasteiger partial charge on any atom is -0.493 e. The van der Waals surface area contributed by atoms with Crippen molar-refractivity contribution in [3.8, 4) is 5.75 Å². The molecule has 0 unspecified atom stereocenters. The summed E-state index contributed by atoms with van der Waals surface area (Å²) in [4.78, 5) is 25.6. The first-order valence-electron chi connectivity index (χ1n) is 9.69. The molecule has 34 heavy (non-hydrogen) atoms. The van der Waals surface area contributed by atoms with Gasteiger partial charge in [-0.2, -0.15) is 0 Å². The summed E-state index contributed by atoms with van der Waals surface area (Å²) in [5, 5.41) is 3.05. The van der Waals surface area contributed by atoms with Gasteiger partial charge >= 0.3 is 5.63 Å². The fourth-order valence-corrected chi connectivity index (χ4v) is 4.92. The number of fused-ring (bicyclic) bond motifs is 1. The second-order valence-corrected chi connectivity index (χ2v) is 10.5. The van der Waals surface area contributed by atoms with Crippen LogP contribution in [0.5, 0.6) is 5.75 Å². The highest BCUT2D eigenvalue weighted by atomic mass is 79.9. The van der Waals surface area contributed by atoms with Gasteiger partial charge in [-0.05, 0) is 54.6 Å². The van der Waals surface area contributed by atoms with Crippen molar-refractivity contribution >= 4 is 70.1 Å². The molecule has 1 amide bonds. The van der Waals surface area contributed by atoms with Crippen molar-refractivity contribution in [1.82, 2.24) is 0 Å². The van der Waals surface area contributed by atoms with E-state index in [2.05, 4.69) is 41.9 Å². The summed E-state index contributed by atoms with van der Waals surface area (Å²) in [5.41, 5.74) is -0.633. The third-order valence-corrected chi connectivity index (χ3v) is 7.42. The van der Waals surface area contributed by atoms with Crippen molar-refractivity contribution in [3.63, 3.8) is 0 Å². The standard InChI is InChI=1S/C23H16Br2N2O6S/c1-32-20-11-10-17(25)15-12-16(23(29)33-21(15)20)22(28)26-18-4-2-3-5-19(18)27-34(30,31)14-8-6-13(24)7-9-14/h2-12,27H,1H3,(H,26,28). The average Bonchev–Trinajstić information content (AvgIpc) is 2.80. The van der Waals surface area contributed by atoms with Crippen LogP contribution in [0.1, 0.15) is 10.4 Å². The molecule has 4 rings (SSSR count). The third kappa shape index (κ3) is 4.86. The van der Waals surface area contributed by atoms with Crippen molar-refractivity contribution in [2.75, 3.05) is 17.1 Å². The van der Waals surface area contributed by atoms with Crippen molar-refractivity contribution in [2.24, 2.45) is 0 Å². The zero-order valence-corrected chi connectivity index (χ0v) is 21.5. The Hall–Kier alpha value is -3.15. The number of benzene rings is 3. The van der Waals surface area contributed by atoms with Crippen LogP contribution in [0.3, 0.4) is 0 Å². The van der Waals surface area contributed by atoms with Crippen molar-refractivity contribution in [2.45, 2.75) is 4.90 Å². The lowest BCUT2D eigenvalue weighted by molar-refractivity contribution is 0.102. The Labute approximate surface area is 211 Å². The summed E-state index contributed by atoms with van der Waals surface area (Å²) in [6.07, 6.45) is 0. The van der Waals surface area contributed by atoms with E-state index in [-0.39, 0.29) is 27.4 Å². The number of methoxy groups -OCH3 is 1. The zero-order chi connectivity index (χ0) is 24.5. The van der Waals surface area contributed by atoms with E-state index in [4.69, 9.17) is 9.15 Å². The van der Waals surface area contributed by atoms with Crippen LogP contribution in [0.2, 0.25) is 0 Å². The van der Waals surface area contributed by atoms with Gasteiger partial charge in [-0.15, -0.1) is 0 Å². The van der Waals surface area contributed by atoms with Crippen molar-refractivity contribution < 1.29 is 22.4 Å². The summed E-state index contributed by atoms with van der Waals surface area (Å²) in [6, 6.07) is 17.1. The SMILES string of the molecule is COc1ccc(Br)c2cc(C(=O)Nc3ccccc3NS(=O)(=O)c3ccc(Br)cc3)c(=O)oc12. The number of nitrogens with one attached hydrogen (secondary N) is 2. The molecule has 0 spiro atoms. The number of halogens is 2. The fraction of sp³-hybridized carbons (Fsp3) is 0.0435. The predicted molar refractivity (Wildman–Crippen MR) is 136 cm³/mol. The van der Waals surface area contributed by atoms with Gasteiger partial charge in [-0.3, -0.25) is 9.52 Å². The van der Waals surface area contributed by atoms with E-state index in [9.17, 15) is 18.0 Å². The molecular formula is C23H16Br2N2O6S. The van der Waals surface area contributed by atoms with Crippen LogP contribution < -0.4 is 20.4 Å². The lowest BCUT2D eigenvalue weighted by Gasteiger charge is -2.14. The van der Waals surface area contributed by atoms with E-state index in [1.54, 1.807) is 36.4 Å². The zero-order valence-electron chi connectivity index (χ0n) is 17.5. The summed E-state index contributed by atoms with van der Waals surface area (Å²) >= 11 is 6.64. The van der Waals surface area contributed by atoms with Gasteiger partial charge in [0.1, 0.15) is 5.56 Å². The molecule has 8 nitrogen and oxygen atoms in total. The van der Waals surface area contributed by atoms with Gasteiger partial charge in [0.25, 0.3) is 15.9 Å². The Bertz CT molecular complexity index is 1570. The Morgan fingerprint density at radius 1 is 0.971 bits per heavy atom. The van der Waals surface area contributed by atoms with E-state index in [1.165, 1.54) is 37.4 Å². The number of para-hydroxylation sites is 2. The Balaban J connectivity index is 1.67. The molecule has 1 heterocycles. The van der Waals surface area contributed by atoms with Gasteiger partial charge in [0.05, 0.1) is 23.4 Å². The number of hydrogen-bond donors (Lipinski definition) is 2. The number of amides is 1. The monoisotopic (exact) mass is 606 g/mol. The molecule has 11 heteroatoms. The van der Waals surface area contributed by atoms with Crippen molar-refractivity contribution in [1.29, 1.82) is 0 Å². The van der Waals surface area contributed by atoms with Gasteiger partial charge in [0.15, 0.2) is 11.3 Å². The van der Waals surface area contributed by atoms with Gasteiger partial charge in [0.2, 0.25) is 0 Å². The molecule has 0 fully saturated rings. The molecule has 3 aromatic carbocycles. The third-order valence-electron chi connectivity index (χ3n) is 4.82. The number of hydrogen-bond acceptors (Lipinski definition) is 6. The first-order chi connectivity index (χ1) is 16.2. The highest BCUT2D eigenvalue weighted by molar-refractivity contribution is 9.11. The van der Waals surface area contributed by atoms with E-state index in [1.807, 2.05) is 0 Å². The quantitative estimate of drug-likeness (QED) is 0.284. The smallest absolute Gasteiger partial charge is 0.349 e. The van der Waals surface area contributed by atoms with Crippen molar-refractivity contribution in [3.05, 3.63) is 91.7 Å². The lowest BCUT2D eigenvalue weighted by Crippen LogP contribution is -2.22.